The average molecular weight is 680 g/mol. The Balaban J connectivity index is 1.22. The Morgan fingerprint density at radius 2 is 0.868 bits per heavy atom. The summed E-state index contributed by atoms with van der Waals surface area (Å²) in [5, 5.41) is 2.36. The second kappa shape index (κ2) is 13.0. The highest BCUT2D eigenvalue weighted by molar-refractivity contribution is 6.07. The zero-order valence-corrected chi connectivity index (χ0v) is 28.8. The molecule has 0 saturated carbocycles. The van der Waals surface area contributed by atoms with Gasteiger partial charge in [0.25, 0.3) is 0 Å². The van der Waals surface area contributed by atoms with Gasteiger partial charge in [-0.05, 0) is 62.4 Å². The zero-order valence-electron chi connectivity index (χ0n) is 28.8. The van der Waals surface area contributed by atoms with Crippen LogP contribution in [-0.2, 0) is 0 Å². The Hall–Kier alpha value is -6.91. The lowest BCUT2D eigenvalue weighted by atomic mass is 9.83. The van der Waals surface area contributed by atoms with Gasteiger partial charge in [0, 0.05) is 28.2 Å². The lowest BCUT2D eigenvalue weighted by Gasteiger charge is -2.20. The van der Waals surface area contributed by atoms with Crippen LogP contribution in [0.15, 0.2) is 188 Å². The van der Waals surface area contributed by atoms with Crippen molar-refractivity contribution in [2.24, 2.45) is 0 Å². The molecular weight excluding hydrogens is 647 g/mol. The van der Waals surface area contributed by atoms with E-state index in [2.05, 4.69) is 164 Å². The van der Waals surface area contributed by atoms with Crippen LogP contribution in [0.4, 0.5) is 0 Å². The largest absolute Gasteiger partial charge is 0.485 e. The van der Waals surface area contributed by atoms with E-state index in [0.717, 1.165) is 44.7 Å². The summed E-state index contributed by atoms with van der Waals surface area (Å²) in [6, 6.07) is 57.2. The summed E-state index contributed by atoms with van der Waals surface area (Å²) in [4.78, 5) is 15.7. The lowest BCUT2D eigenvalue weighted by molar-refractivity contribution is 0.269. The Morgan fingerprint density at radius 3 is 1.57 bits per heavy atom. The van der Waals surface area contributed by atoms with Crippen LogP contribution in [0.3, 0.4) is 0 Å². The van der Waals surface area contributed by atoms with Gasteiger partial charge in [0.2, 0.25) is 0 Å². The minimum absolute atomic E-state index is 0.0188. The zero-order chi connectivity index (χ0) is 35.1. The van der Waals surface area contributed by atoms with E-state index < -0.39 is 0 Å². The van der Waals surface area contributed by atoms with Crippen molar-refractivity contribution in [3.05, 3.63) is 194 Å². The van der Waals surface area contributed by atoms with Crippen LogP contribution in [-0.4, -0.2) is 21.1 Å². The first kappa shape index (κ1) is 30.9. The predicted molar refractivity (Wildman–Crippen MR) is 215 cm³/mol. The molecule has 0 amide bonds. The molecule has 7 aromatic carbocycles. The van der Waals surface area contributed by atoms with Crippen molar-refractivity contribution in [1.82, 2.24) is 15.0 Å². The van der Waals surface area contributed by atoms with Crippen molar-refractivity contribution in [2.45, 2.75) is 12.0 Å². The number of hydrogen-bond donors (Lipinski definition) is 0. The number of ether oxygens (including phenoxy) is 1. The van der Waals surface area contributed by atoms with Crippen LogP contribution < -0.4 is 4.74 Å². The highest BCUT2D eigenvalue weighted by Crippen LogP contribution is 2.51. The number of allylic oxidation sites excluding steroid dienone is 2. The number of fused-ring (bicyclic) bond motifs is 4. The standard InChI is InChI=1S/C49H33N3O/c1-4-14-32(15-5-1)33-24-26-36(27-25-33)48-50-47(35-18-8-3-9-19-35)51-49(52-48)46-41(30-31-44-45(46)42-22-12-13-23-43(42)53-44)40-29-28-37(34-16-6-2-7-17-34)38-20-10-11-21-39(38)40/h1-31,42-43H. The maximum Gasteiger partial charge on any atom is 0.165 e. The molecule has 250 valence electrons. The third-order valence-electron chi connectivity index (χ3n) is 10.3. The van der Waals surface area contributed by atoms with Crippen LogP contribution in [0.25, 0.3) is 78.3 Å². The molecule has 1 aromatic heterocycles. The smallest absolute Gasteiger partial charge is 0.165 e. The first-order chi connectivity index (χ1) is 26.3. The minimum Gasteiger partial charge on any atom is -0.485 e. The molecule has 1 aliphatic carbocycles. The van der Waals surface area contributed by atoms with Crippen LogP contribution in [0.1, 0.15) is 11.5 Å². The molecule has 2 aliphatic rings. The number of rotatable bonds is 6. The summed E-state index contributed by atoms with van der Waals surface area (Å²) in [6.07, 6.45) is 8.46. The van der Waals surface area contributed by atoms with E-state index in [1.165, 1.54) is 27.5 Å². The molecule has 0 fully saturated rings. The van der Waals surface area contributed by atoms with E-state index in [1.54, 1.807) is 0 Å². The van der Waals surface area contributed by atoms with Gasteiger partial charge in [0.15, 0.2) is 17.5 Å². The van der Waals surface area contributed by atoms with E-state index in [9.17, 15) is 0 Å². The average Bonchev–Trinajstić information content (AvgIpc) is 3.63. The van der Waals surface area contributed by atoms with Gasteiger partial charge >= 0.3 is 0 Å². The Labute approximate surface area is 308 Å². The second-order valence-electron chi connectivity index (χ2n) is 13.5. The van der Waals surface area contributed by atoms with Crippen molar-refractivity contribution in [2.75, 3.05) is 0 Å². The molecular formula is C49H33N3O. The van der Waals surface area contributed by atoms with Gasteiger partial charge in [-0.1, -0.05) is 170 Å². The Bertz CT molecular complexity index is 2690. The summed E-state index contributed by atoms with van der Waals surface area (Å²) >= 11 is 0. The van der Waals surface area contributed by atoms with Crippen molar-refractivity contribution in [1.29, 1.82) is 0 Å². The van der Waals surface area contributed by atoms with Crippen molar-refractivity contribution >= 4 is 10.8 Å². The van der Waals surface area contributed by atoms with E-state index in [1.807, 2.05) is 24.3 Å². The molecule has 0 radical (unpaired) electrons. The third kappa shape index (κ3) is 5.53. The molecule has 2 unspecified atom stereocenters. The molecule has 0 spiro atoms. The minimum atomic E-state index is -0.0957. The summed E-state index contributed by atoms with van der Waals surface area (Å²) in [5.41, 5.74) is 10.8. The number of nitrogens with zero attached hydrogens (tertiary/aromatic N) is 3. The molecule has 1 aliphatic heterocycles. The normalized spacial score (nSPS) is 15.5. The monoisotopic (exact) mass is 679 g/mol. The first-order valence-electron chi connectivity index (χ1n) is 18.0. The van der Waals surface area contributed by atoms with Crippen LogP contribution in [0.5, 0.6) is 5.75 Å². The number of aromatic nitrogens is 3. The van der Waals surface area contributed by atoms with Gasteiger partial charge in [-0.15, -0.1) is 0 Å². The van der Waals surface area contributed by atoms with Gasteiger partial charge in [0.1, 0.15) is 11.9 Å². The number of hydrogen-bond acceptors (Lipinski definition) is 4. The van der Waals surface area contributed by atoms with Crippen LogP contribution in [0, 0.1) is 0 Å². The maximum absolute atomic E-state index is 6.60. The van der Waals surface area contributed by atoms with Gasteiger partial charge in [-0.2, -0.15) is 0 Å². The summed E-state index contributed by atoms with van der Waals surface area (Å²) in [6.45, 7) is 0. The Kier molecular flexibility index (Phi) is 7.58. The van der Waals surface area contributed by atoms with Crippen molar-refractivity contribution in [3.63, 3.8) is 0 Å². The van der Waals surface area contributed by atoms with Crippen molar-refractivity contribution < 1.29 is 4.74 Å². The molecule has 8 aromatic rings. The van der Waals surface area contributed by atoms with Gasteiger partial charge in [-0.25, -0.2) is 15.0 Å². The summed E-state index contributed by atoms with van der Waals surface area (Å²) in [7, 11) is 0. The maximum atomic E-state index is 6.60. The summed E-state index contributed by atoms with van der Waals surface area (Å²) < 4.78 is 6.60. The molecule has 4 heteroatoms. The topological polar surface area (TPSA) is 47.9 Å². The fourth-order valence-corrected chi connectivity index (χ4v) is 7.78. The van der Waals surface area contributed by atoms with Gasteiger partial charge in [-0.3, -0.25) is 0 Å². The highest BCUT2D eigenvalue weighted by Gasteiger charge is 2.37. The van der Waals surface area contributed by atoms with Crippen LogP contribution in [0.2, 0.25) is 0 Å². The fourth-order valence-electron chi connectivity index (χ4n) is 7.78. The third-order valence-corrected chi connectivity index (χ3v) is 10.3. The molecule has 0 bridgehead atoms. The second-order valence-corrected chi connectivity index (χ2v) is 13.5. The molecule has 0 N–H and O–H groups in total. The van der Waals surface area contributed by atoms with E-state index in [4.69, 9.17) is 19.7 Å². The van der Waals surface area contributed by atoms with Gasteiger partial charge in [0.05, 0.1) is 0 Å². The predicted octanol–water partition coefficient (Wildman–Crippen LogP) is 12.0. The SMILES string of the molecule is C1=CC2Oc3ccc(-c4ccc(-c5ccccc5)c5ccccc45)c(-c4nc(-c5ccccc5)nc(-c5ccc(-c6ccccc6)cc5)n4)c3C2C=C1. The molecule has 53 heavy (non-hydrogen) atoms. The molecule has 2 atom stereocenters. The summed E-state index contributed by atoms with van der Waals surface area (Å²) in [5.74, 6) is 2.74. The number of benzene rings is 7. The molecule has 10 rings (SSSR count). The van der Waals surface area contributed by atoms with Gasteiger partial charge < -0.3 is 4.74 Å². The van der Waals surface area contributed by atoms with Crippen molar-refractivity contribution in [3.8, 4) is 73.3 Å². The first-order valence-corrected chi connectivity index (χ1v) is 18.0. The molecule has 0 saturated heterocycles. The lowest BCUT2D eigenvalue weighted by Crippen LogP contribution is -2.16. The Morgan fingerprint density at radius 1 is 0.377 bits per heavy atom. The van der Waals surface area contributed by atoms with E-state index in [0.29, 0.717) is 17.5 Å². The van der Waals surface area contributed by atoms with Crippen LogP contribution >= 0.6 is 0 Å². The van der Waals surface area contributed by atoms with E-state index in [-0.39, 0.29) is 12.0 Å². The molecule has 4 nitrogen and oxygen atoms in total. The molecule has 2 heterocycles. The highest BCUT2D eigenvalue weighted by atomic mass is 16.5. The van der Waals surface area contributed by atoms with E-state index >= 15 is 0 Å². The quantitative estimate of drug-likeness (QED) is 0.175. The fraction of sp³-hybridized carbons (Fsp3) is 0.0408.